The van der Waals surface area contributed by atoms with Gasteiger partial charge in [0.05, 0.1) is 13.2 Å². The van der Waals surface area contributed by atoms with Gasteiger partial charge in [0, 0.05) is 18.0 Å². The minimum Gasteiger partial charge on any atom is -0.375 e. The fraction of sp³-hybridized carbons (Fsp3) is 0.333. The zero-order valence-electron chi connectivity index (χ0n) is 8.48. The monoisotopic (exact) mass is 204 g/mol. The maximum absolute atomic E-state index is 11.6. The van der Waals surface area contributed by atoms with E-state index in [-0.39, 0.29) is 5.91 Å². The van der Waals surface area contributed by atoms with E-state index in [9.17, 15) is 4.79 Å². The number of carbonyl (C=O) groups excluding carboxylic acids is 1. The molecule has 1 heterocycles. The number of carbonyl (C=O) groups is 1. The molecule has 1 fully saturated rings. The van der Waals surface area contributed by atoms with Crippen molar-refractivity contribution in [2.45, 2.75) is 6.42 Å². The average molecular weight is 204 g/mol. The van der Waals surface area contributed by atoms with Gasteiger partial charge < -0.3 is 10.1 Å². The normalized spacial score (nSPS) is 20.1. The molecule has 0 spiro atoms. The molecule has 1 aromatic carbocycles. The van der Waals surface area contributed by atoms with Crippen LogP contribution in [-0.4, -0.2) is 19.1 Å². The second-order valence-corrected chi connectivity index (χ2v) is 3.68. The average Bonchev–Trinajstić information content (AvgIpc) is 2.80. The fourth-order valence-electron chi connectivity index (χ4n) is 1.55. The van der Waals surface area contributed by atoms with Crippen LogP contribution in [0.2, 0.25) is 0 Å². The summed E-state index contributed by atoms with van der Waals surface area (Å²) in [6, 6.07) is 9.25. The summed E-state index contributed by atoms with van der Waals surface area (Å²) in [5.41, 5.74) is 0.709. The van der Waals surface area contributed by atoms with Crippen LogP contribution in [-0.2, 0) is 4.74 Å². The summed E-state index contributed by atoms with van der Waals surface area (Å²) in [7, 11) is 0. The molecule has 1 aliphatic rings. The molecule has 1 radical (unpaired) electrons. The number of ether oxygens (including phenoxy) is 1. The zero-order chi connectivity index (χ0) is 10.5. The van der Waals surface area contributed by atoms with Crippen LogP contribution >= 0.6 is 0 Å². The van der Waals surface area contributed by atoms with Gasteiger partial charge in [-0.15, -0.1) is 0 Å². The van der Waals surface area contributed by atoms with Gasteiger partial charge in [-0.1, -0.05) is 18.2 Å². The first-order chi connectivity index (χ1) is 7.36. The first-order valence-electron chi connectivity index (χ1n) is 5.13. The van der Waals surface area contributed by atoms with Gasteiger partial charge in [-0.25, -0.2) is 0 Å². The lowest BCUT2D eigenvalue weighted by molar-refractivity contribution is 0.0945. The van der Waals surface area contributed by atoms with E-state index in [0.717, 1.165) is 13.0 Å². The highest BCUT2D eigenvalue weighted by molar-refractivity contribution is 5.94. The standard InChI is InChI=1S/C12H14NO2/c14-12(11-4-2-1-3-5-11)13-8-10-6-7-15-9-10/h1-5,7,10H,6,8-9H2,(H,13,14). The summed E-state index contributed by atoms with van der Waals surface area (Å²) in [5, 5.41) is 2.90. The van der Waals surface area contributed by atoms with Crippen molar-refractivity contribution in [1.29, 1.82) is 0 Å². The van der Waals surface area contributed by atoms with Gasteiger partial charge in [-0.3, -0.25) is 4.79 Å². The van der Waals surface area contributed by atoms with Crippen LogP contribution in [0.4, 0.5) is 0 Å². The summed E-state index contributed by atoms with van der Waals surface area (Å²) >= 11 is 0. The van der Waals surface area contributed by atoms with Crippen LogP contribution in [0, 0.1) is 12.5 Å². The largest absolute Gasteiger partial charge is 0.375 e. The molecular weight excluding hydrogens is 190 g/mol. The number of hydrogen-bond donors (Lipinski definition) is 1. The zero-order valence-corrected chi connectivity index (χ0v) is 8.48. The molecule has 1 amide bonds. The van der Waals surface area contributed by atoms with E-state index >= 15 is 0 Å². The van der Waals surface area contributed by atoms with Crippen LogP contribution in [0.1, 0.15) is 16.8 Å². The Balaban J connectivity index is 1.82. The minimum atomic E-state index is -0.0116. The first-order valence-corrected chi connectivity index (χ1v) is 5.13. The Morgan fingerprint density at radius 1 is 1.40 bits per heavy atom. The maximum atomic E-state index is 11.6. The summed E-state index contributed by atoms with van der Waals surface area (Å²) in [5.74, 6) is 0.417. The lowest BCUT2D eigenvalue weighted by Gasteiger charge is -2.09. The molecule has 3 heteroatoms. The Bertz CT molecular complexity index is 318. The van der Waals surface area contributed by atoms with E-state index in [4.69, 9.17) is 4.74 Å². The van der Waals surface area contributed by atoms with E-state index in [1.807, 2.05) is 30.3 Å². The fourth-order valence-corrected chi connectivity index (χ4v) is 1.55. The van der Waals surface area contributed by atoms with E-state index in [2.05, 4.69) is 5.32 Å². The lowest BCUT2D eigenvalue weighted by Crippen LogP contribution is -2.29. The number of hydrogen-bond acceptors (Lipinski definition) is 2. The van der Waals surface area contributed by atoms with Crippen LogP contribution in [0.25, 0.3) is 0 Å². The Labute approximate surface area is 89.4 Å². The number of benzene rings is 1. The Morgan fingerprint density at radius 2 is 2.20 bits per heavy atom. The van der Waals surface area contributed by atoms with Gasteiger partial charge in [-0.05, 0) is 18.6 Å². The molecule has 0 aliphatic carbocycles. The summed E-state index contributed by atoms with van der Waals surface area (Å²) < 4.78 is 5.12. The summed E-state index contributed by atoms with van der Waals surface area (Å²) in [6.07, 6.45) is 0.926. The van der Waals surface area contributed by atoms with Crippen molar-refractivity contribution in [3.8, 4) is 0 Å². The van der Waals surface area contributed by atoms with E-state index < -0.39 is 0 Å². The molecule has 3 nitrogen and oxygen atoms in total. The highest BCUT2D eigenvalue weighted by Gasteiger charge is 2.16. The molecule has 79 valence electrons. The van der Waals surface area contributed by atoms with Crippen LogP contribution in [0.3, 0.4) is 0 Å². The van der Waals surface area contributed by atoms with Gasteiger partial charge in [0.25, 0.3) is 5.91 Å². The SMILES string of the molecule is O=C(NCC1C[CH]OC1)c1ccccc1. The van der Waals surface area contributed by atoms with Crippen molar-refractivity contribution in [2.75, 3.05) is 13.2 Å². The summed E-state index contributed by atoms with van der Waals surface area (Å²) in [4.78, 5) is 11.6. The second kappa shape index (κ2) is 4.94. The number of nitrogens with one attached hydrogen (secondary N) is 1. The van der Waals surface area contributed by atoms with Crippen LogP contribution < -0.4 is 5.32 Å². The minimum absolute atomic E-state index is 0.0116. The molecule has 15 heavy (non-hydrogen) atoms. The van der Waals surface area contributed by atoms with Crippen LogP contribution in [0.15, 0.2) is 30.3 Å². The molecule has 1 unspecified atom stereocenters. The van der Waals surface area contributed by atoms with Gasteiger partial charge in [0.15, 0.2) is 0 Å². The molecule has 2 rings (SSSR count). The van der Waals surface area contributed by atoms with Crippen molar-refractivity contribution >= 4 is 5.91 Å². The van der Waals surface area contributed by atoms with Gasteiger partial charge in [0.2, 0.25) is 0 Å². The van der Waals surface area contributed by atoms with Crippen molar-refractivity contribution in [2.24, 2.45) is 5.92 Å². The Morgan fingerprint density at radius 3 is 2.87 bits per heavy atom. The topological polar surface area (TPSA) is 38.3 Å². The smallest absolute Gasteiger partial charge is 0.251 e. The van der Waals surface area contributed by atoms with Gasteiger partial charge in [0.1, 0.15) is 0 Å². The van der Waals surface area contributed by atoms with E-state index in [1.54, 1.807) is 6.61 Å². The lowest BCUT2D eigenvalue weighted by atomic mass is 10.1. The third-order valence-electron chi connectivity index (χ3n) is 2.47. The molecular formula is C12H14NO2. The van der Waals surface area contributed by atoms with Crippen LogP contribution in [0.5, 0.6) is 0 Å². The number of rotatable bonds is 3. The second-order valence-electron chi connectivity index (χ2n) is 3.68. The highest BCUT2D eigenvalue weighted by Crippen LogP contribution is 2.14. The quantitative estimate of drug-likeness (QED) is 0.812. The molecule has 0 saturated carbocycles. The number of amides is 1. The Kier molecular flexibility index (Phi) is 3.35. The van der Waals surface area contributed by atoms with Crippen molar-refractivity contribution < 1.29 is 9.53 Å². The predicted molar refractivity (Wildman–Crippen MR) is 57.1 cm³/mol. The van der Waals surface area contributed by atoms with Crippen molar-refractivity contribution in [1.82, 2.24) is 5.32 Å². The Hall–Kier alpha value is -1.35. The van der Waals surface area contributed by atoms with Crippen molar-refractivity contribution in [3.63, 3.8) is 0 Å². The predicted octanol–water partition coefficient (Wildman–Crippen LogP) is 1.61. The third-order valence-corrected chi connectivity index (χ3v) is 2.47. The van der Waals surface area contributed by atoms with Gasteiger partial charge in [-0.2, -0.15) is 0 Å². The maximum Gasteiger partial charge on any atom is 0.251 e. The summed E-state index contributed by atoms with van der Waals surface area (Å²) in [6.45, 7) is 3.21. The molecule has 0 aromatic heterocycles. The van der Waals surface area contributed by atoms with E-state index in [0.29, 0.717) is 18.0 Å². The molecule has 1 atom stereocenters. The van der Waals surface area contributed by atoms with E-state index in [1.165, 1.54) is 0 Å². The highest BCUT2D eigenvalue weighted by atomic mass is 16.5. The first kappa shape index (κ1) is 10.2. The van der Waals surface area contributed by atoms with Crippen molar-refractivity contribution in [3.05, 3.63) is 42.5 Å². The molecule has 1 saturated heterocycles. The van der Waals surface area contributed by atoms with Gasteiger partial charge >= 0.3 is 0 Å². The molecule has 0 bridgehead atoms. The molecule has 1 aliphatic heterocycles. The third kappa shape index (κ3) is 2.80. The molecule has 1 aromatic rings. The molecule has 1 N–H and O–H groups in total.